The van der Waals surface area contributed by atoms with Crippen LogP contribution in [0.5, 0.6) is 0 Å². The molecule has 0 fully saturated rings. The SMILES string of the molecule is CCCc1cc(=O)n(CC(=O)Nc2cccc3ccccc23)c(-n2nc(C)cc2C)n1. The minimum absolute atomic E-state index is 0.158. The Bertz CT molecular complexity index is 1310. The molecule has 7 nitrogen and oxygen atoms in total. The molecule has 0 aliphatic rings. The van der Waals surface area contributed by atoms with Gasteiger partial charge in [-0.1, -0.05) is 49.7 Å². The predicted octanol–water partition coefficient (Wildman–Crippen LogP) is 3.79. The van der Waals surface area contributed by atoms with Crippen LogP contribution in [0.4, 0.5) is 5.69 Å². The summed E-state index contributed by atoms with van der Waals surface area (Å²) < 4.78 is 3.00. The van der Waals surface area contributed by atoms with E-state index in [1.165, 1.54) is 10.6 Å². The summed E-state index contributed by atoms with van der Waals surface area (Å²) in [4.78, 5) is 30.5. The highest BCUT2D eigenvalue weighted by Gasteiger charge is 2.17. The van der Waals surface area contributed by atoms with Crippen molar-refractivity contribution in [3.05, 3.63) is 82.0 Å². The summed E-state index contributed by atoms with van der Waals surface area (Å²) >= 11 is 0. The van der Waals surface area contributed by atoms with Crippen LogP contribution >= 0.6 is 0 Å². The molecular weight excluding hydrogens is 390 g/mol. The van der Waals surface area contributed by atoms with E-state index in [2.05, 4.69) is 15.4 Å². The van der Waals surface area contributed by atoms with Crippen LogP contribution in [-0.4, -0.2) is 25.2 Å². The molecule has 0 aliphatic carbocycles. The molecule has 158 valence electrons. The fraction of sp³-hybridized carbons (Fsp3) is 0.250. The van der Waals surface area contributed by atoms with Gasteiger partial charge in [-0.2, -0.15) is 5.10 Å². The molecule has 7 heteroatoms. The van der Waals surface area contributed by atoms with E-state index in [0.29, 0.717) is 23.8 Å². The maximum Gasteiger partial charge on any atom is 0.255 e. The van der Waals surface area contributed by atoms with Gasteiger partial charge in [-0.15, -0.1) is 0 Å². The molecule has 1 N–H and O–H groups in total. The molecule has 0 spiro atoms. The molecule has 4 aromatic rings. The standard InChI is InChI=1S/C24H25N5O2/c1-4-8-19-14-23(31)28(24(25-19)29-17(3)13-16(2)27-29)15-22(30)26-21-12-7-10-18-9-5-6-11-20(18)21/h5-7,9-14H,4,8,15H2,1-3H3,(H,26,30). The Morgan fingerprint density at radius 2 is 1.84 bits per heavy atom. The number of rotatable bonds is 6. The number of hydrogen-bond donors (Lipinski definition) is 1. The second kappa shape index (κ2) is 8.55. The zero-order chi connectivity index (χ0) is 22.0. The molecule has 2 aromatic carbocycles. The predicted molar refractivity (Wildman–Crippen MR) is 122 cm³/mol. The lowest BCUT2D eigenvalue weighted by Crippen LogP contribution is -2.32. The molecule has 0 radical (unpaired) electrons. The van der Waals surface area contributed by atoms with Gasteiger partial charge in [0.15, 0.2) is 0 Å². The van der Waals surface area contributed by atoms with Crippen LogP contribution in [0.25, 0.3) is 16.7 Å². The summed E-state index contributed by atoms with van der Waals surface area (Å²) in [5.74, 6) is 0.0564. The van der Waals surface area contributed by atoms with E-state index in [0.717, 1.165) is 28.6 Å². The minimum atomic E-state index is -0.300. The van der Waals surface area contributed by atoms with Crippen molar-refractivity contribution >= 4 is 22.4 Å². The largest absolute Gasteiger partial charge is 0.324 e. The maximum atomic E-state index is 12.9. The Morgan fingerprint density at radius 3 is 2.58 bits per heavy atom. The van der Waals surface area contributed by atoms with Crippen molar-refractivity contribution in [1.29, 1.82) is 0 Å². The molecule has 0 saturated heterocycles. The van der Waals surface area contributed by atoms with Crippen LogP contribution in [0.1, 0.15) is 30.4 Å². The number of hydrogen-bond acceptors (Lipinski definition) is 4. The number of nitrogens with zero attached hydrogens (tertiary/aromatic N) is 4. The Kier molecular flexibility index (Phi) is 5.66. The van der Waals surface area contributed by atoms with E-state index in [1.54, 1.807) is 4.68 Å². The molecule has 2 aromatic heterocycles. The lowest BCUT2D eigenvalue weighted by atomic mass is 10.1. The van der Waals surface area contributed by atoms with Crippen molar-refractivity contribution in [2.24, 2.45) is 0 Å². The van der Waals surface area contributed by atoms with Crippen molar-refractivity contribution in [2.45, 2.75) is 40.2 Å². The maximum absolute atomic E-state index is 12.9. The van der Waals surface area contributed by atoms with Gasteiger partial charge in [0.2, 0.25) is 11.9 Å². The van der Waals surface area contributed by atoms with Crippen molar-refractivity contribution in [2.75, 3.05) is 5.32 Å². The van der Waals surface area contributed by atoms with Gasteiger partial charge in [0.05, 0.1) is 5.69 Å². The number of nitrogens with one attached hydrogen (secondary N) is 1. The van der Waals surface area contributed by atoms with Crippen molar-refractivity contribution in [1.82, 2.24) is 19.3 Å². The summed E-state index contributed by atoms with van der Waals surface area (Å²) in [6.45, 7) is 5.66. The number of aromatic nitrogens is 4. The summed E-state index contributed by atoms with van der Waals surface area (Å²) in [5, 5.41) is 9.40. The van der Waals surface area contributed by atoms with Gasteiger partial charge in [0.1, 0.15) is 6.54 Å². The van der Waals surface area contributed by atoms with E-state index in [-0.39, 0.29) is 18.0 Å². The first-order chi connectivity index (χ1) is 15.0. The summed E-state index contributed by atoms with van der Waals surface area (Å²) in [7, 11) is 0. The van der Waals surface area contributed by atoms with Crippen molar-refractivity contribution in [3.8, 4) is 5.95 Å². The Hall–Kier alpha value is -3.74. The van der Waals surface area contributed by atoms with E-state index in [1.807, 2.05) is 69.3 Å². The number of aryl methyl sites for hydroxylation is 3. The Labute approximate surface area is 180 Å². The molecule has 0 saturated carbocycles. The lowest BCUT2D eigenvalue weighted by molar-refractivity contribution is -0.116. The van der Waals surface area contributed by atoms with Crippen LogP contribution in [-0.2, 0) is 17.8 Å². The zero-order valence-electron chi connectivity index (χ0n) is 17.9. The number of benzene rings is 2. The normalized spacial score (nSPS) is 11.1. The van der Waals surface area contributed by atoms with E-state index in [9.17, 15) is 9.59 Å². The smallest absolute Gasteiger partial charge is 0.255 e. The third-order valence-electron chi connectivity index (χ3n) is 5.11. The minimum Gasteiger partial charge on any atom is -0.324 e. The quantitative estimate of drug-likeness (QED) is 0.519. The van der Waals surface area contributed by atoms with Gasteiger partial charge in [-0.25, -0.2) is 9.67 Å². The van der Waals surface area contributed by atoms with Gasteiger partial charge < -0.3 is 5.32 Å². The summed E-state index contributed by atoms with van der Waals surface area (Å²) in [6, 6.07) is 17.0. The number of carbonyl (C=O) groups is 1. The van der Waals surface area contributed by atoms with Gasteiger partial charge in [0.25, 0.3) is 5.56 Å². The van der Waals surface area contributed by atoms with E-state index >= 15 is 0 Å². The van der Waals surface area contributed by atoms with Crippen LogP contribution < -0.4 is 10.9 Å². The first-order valence-electron chi connectivity index (χ1n) is 10.4. The third kappa shape index (κ3) is 4.26. The second-order valence-electron chi connectivity index (χ2n) is 7.64. The first kappa shape index (κ1) is 20.5. The number of amides is 1. The molecule has 1 amide bonds. The molecule has 0 aliphatic heterocycles. The fourth-order valence-corrected chi connectivity index (χ4v) is 3.73. The van der Waals surface area contributed by atoms with Crippen LogP contribution in [0.15, 0.2) is 59.4 Å². The molecule has 0 atom stereocenters. The van der Waals surface area contributed by atoms with Gasteiger partial charge in [-0.05, 0) is 37.8 Å². The molecule has 4 rings (SSSR count). The van der Waals surface area contributed by atoms with E-state index in [4.69, 9.17) is 0 Å². The van der Waals surface area contributed by atoms with Crippen molar-refractivity contribution in [3.63, 3.8) is 0 Å². The van der Waals surface area contributed by atoms with E-state index < -0.39 is 0 Å². The van der Waals surface area contributed by atoms with Gasteiger partial charge >= 0.3 is 0 Å². The summed E-state index contributed by atoms with van der Waals surface area (Å²) in [5.41, 5.74) is 2.80. The first-order valence-corrected chi connectivity index (χ1v) is 10.4. The van der Waals surface area contributed by atoms with Crippen molar-refractivity contribution < 1.29 is 4.79 Å². The molecule has 0 bridgehead atoms. The lowest BCUT2D eigenvalue weighted by Gasteiger charge is -2.15. The number of fused-ring (bicyclic) bond motifs is 1. The van der Waals surface area contributed by atoms with Crippen LogP contribution in [0, 0.1) is 13.8 Å². The topological polar surface area (TPSA) is 81.8 Å². The number of anilines is 1. The van der Waals surface area contributed by atoms with Gasteiger partial charge in [-0.3, -0.25) is 14.2 Å². The van der Waals surface area contributed by atoms with Crippen LogP contribution in [0.3, 0.4) is 0 Å². The third-order valence-corrected chi connectivity index (χ3v) is 5.11. The summed E-state index contributed by atoms with van der Waals surface area (Å²) in [6.07, 6.45) is 1.55. The highest BCUT2D eigenvalue weighted by Crippen LogP contribution is 2.23. The van der Waals surface area contributed by atoms with Crippen LogP contribution in [0.2, 0.25) is 0 Å². The molecule has 0 unspecified atom stereocenters. The highest BCUT2D eigenvalue weighted by molar-refractivity contribution is 6.02. The molecule has 31 heavy (non-hydrogen) atoms. The fourth-order valence-electron chi connectivity index (χ4n) is 3.73. The Balaban J connectivity index is 1.71. The highest BCUT2D eigenvalue weighted by atomic mass is 16.2. The Morgan fingerprint density at radius 1 is 1.06 bits per heavy atom. The number of carbonyl (C=O) groups excluding carboxylic acids is 1. The average Bonchev–Trinajstić information content (AvgIpc) is 3.08. The van der Waals surface area contributed by atoms with Gasteiger partial charge in [0, 0.05) is 28.5 Å². The second-order valence-corrected chi connectivity index (χ2v) is 7.64. The average molecular weight is 415 g/mol. The molecular formula is C24H25N5O2. The zero-order valence-corrected chi connectivity index (χ0v) is 17.9. The molecule has 2 heterocycles. The monoisotopic (exact) mass is 415 g/mol.